The lowest BCUT2D eigenvalue weighted by atomic mass is 9.94. The number of nitrogens with one attached hydrogen (secondary N) is 1. The summed E-state index contributed by atoms with van der Waals surface area (Å²) in [6, 6.07) is 0. The zero-order valence-corrected chi connectivity index (χ0v) is 10.2. The zero-order chi connectivity index (χ0) is 11.1. The van der Waals surface area contributed by atoms with Gasteiger partial charge in [-0.15, -0.1) is 0 Å². The van der Waals surface area contributed by atoms with Crippen molar-refractivity contribution in [2.45, 2.75) is 57.6 Å². The Labute approximate surface area is 93.8 Å². The summed E-state index contributed by atoms with van der Waals surface area (Å²) in [5.74, 6) is 0. The van der Waals surface area contributed by atoms with Crippen LogP contribution in [0.2, 0.25) is 0 Å². The average molecular weight is 214 g/mol. The second-order valence-electron chi connectivity index (χ2n) is 4.69. The molecule has 15 heavy (non-hydrogen) atoms. The minimum Gasteiger partial charge on any atom is -0.377 e. The molecule has 0 bridgehead atoms. The molecule has 1 unspecified atom stereocenters. The predicted molar refractivity (Wildman–Crippen MR) is 64.0 cm³/mol. The third kappa shape index (κ3) is 4.49. The van der Waals surface area contributed by atoms with Crippen LogP contribution in [0.4, 0.5) is 0 Å². The molecule has 3 nitrogen and oxygen atoms in total. The quantitative estimate of drug-likeness (QED) is 0.707. The maximum Gasteiger partial charge on any atom is 0.0699 e. The van der Waals surface area contributed by atoms with Crippen molar-refractivity contribution < 1.29 is 4.74 Å². The van der Waals surface area contributed by atoms with Gasteiger partial charge in [0.1, 0.15) is 0 Å². The van der Waals surface area contributed by atoms with Crippen LogP contribution < -0.4 is 11.1 Å². The van der Waals surface area contributed by atoms with E-state index in [9.17, 15) is 0 Å². The van der Waals surface area contributed by atoms with E-state index < -0.39 is 0 Å². The monoisotopic (exact) mass is 214 g/mol. The minimum absolute atomic E-state index is 0.0331. The van der Waals surface area contributed by atoms with Gasteiger partial charge < -0.3 is 15.8 Å². The molecule has 0 saturated carbocycles. The highest BCUT2D eigenvalue weighted by molar-refractivity contribution is 4.84. The van der Waals surface area contributed by atoms with Gasteiger partial charge in [0.25, 0.3) is 0 Å². The number of hydrogen-bond donors (Lipinski definition) is 2. The molecule has 0 aromatic heterocycles. The Bertz CT molecular complexity index is 163. The van der Waals surface area contributed by atoms with E-state index >= 15 is 0 Å². The summed E-state index contributed by atoms with van der Waals surface area (Å²) in [4.78, 5) is 0. The smallest absolute Gasteiger partial charge is 0.0699 e. The van der Waals surface area contributed by atoms with Crippen LogP contribution in [0.15, 0.2) is 0 Å². The number of hydrogen-bond acceptors (Lipinski definition) is 3. The maximum absolute atomic E-state index is 6.21. The fourth-order valence-electron chi connectivity index (χ4n) is 1.95. The number of rotatable bonds is 6. The standard InChI is InChI=1S/C12H26N2O/c1-3-12(13,4-2)10-14-9-11-7-5-6-8-15-11/h11,14H,3-10,13H2,1-2H3. The van der Waals surface area contributed by atoms with Gasteiger partial charge in [0, 0.05) is 25.2 Å². The summed E-state index contributed by atoms with van der Waals surface area (Å²) in [5.41, 5.74) is 6.18. The Morgan fingerprint density at radius 2 is 2.07 bits per heavy atom. The molecule has 1 heterocycles. The van der Waals surface area contributed by atoms with Crippen LogP contribution in [0, 0.1) is 0 Å². The van der Waals surface area contributed by atoms with E-state index in [4.69, 9.17) is 10.5 Å². The van der Waals surface area contributed by atoms with Gasteiger partial charge in [0.2, 0.25) is 0 Å². The molecular formula is C12H26N2O. The lowest BCUT2D eigenvalue weighted by molar-refractivity contribution is 0.0162. The lowest BCUT2D eigenvalue weighted by Crippen LogP contribution is -2.49. The average Bonchev–Trinajstić information content (AvgIpc) is 2.30. The fourth-order valence-corrected chi connectivity index (χ4v) is 1.95. The normalized spacial score (nSPS) is 23.0. The SMILES string of the molecule is CCC(N)(CC)CNCC1CCCCO1. The van der Waals surface area contributed by atoms with E-state index in [1.54, 1.807) is 0 Å². The Hall–Kier alpha value is -0.120. The van der Waals surface area contributed by atoms with Gasteiger partial charge in [-0.1, -0.05) is 13.8 Å². The second-order valence-corrected chi connectivity index (χ2v) is 4.69. The molecule has 1 rings (SSSR count). The van der Waals surface area contributed by atoms with Crippen LogP contribution in [-0.4, -0.2) is 31.3 Å². The molecule has 0 aliphatic carbocycles. The van der Waals surface area contributed by atoms with Gasteiger partial charge in [-0.25, -0.2) is 0 Å². The highest BCUT2D eigenvalue weighted by atomic mass is 16.5. The molecule has 0 spiro atoms. The Balaban J connectivity index is 2.14. The van der Waals surface area contributed by atoms with Crippen LogP contribution in [0.1, 0.15) is 46.0 Å². The van der Waals surface area contributed by atoms with Gasteiger partial charge in [-0.2, -0.15) is 0 Å². The van der Waals surface area contributed by atoms with Crippen molar-refractivity contribution >= 4 is 0 Å². The van der Waals surface area contributed by atoms with Crippen LogP contribution in [-0.2, 0) is 4.74 Å². The van der Waals surface area contributed by atoms with Crippen LogP contribution in [0.3, 0.4) is 0 Å². The van der Waals surface area contributed by atoms with E-state index in [-0.39, 0.29) is 5.54 Å². The molecule has 0 amide bonds. The van der Waals surface area contributed by atoms with Gasteiger partial charge in [0.15, 0.2) is 0 Å². The maximum atomic E-state index is 6.21. The number of ether oxygens (including phenoxy) is 1. The highest BCUT2D eigenvalue weighted by Crippen LogP contribution is 2.13. The van der Waals surface area contributed by atoms with Gasteiger partial charge >= 0.3 is 0 Å². The van der Waals surface area contributed by atoms with Crippen LogP contribution in [0.25, 0.3) is 0 Å². The summed E-state index contributed by atoms with van der Waals surface area (Å²) in [6.45, 7) is 7.10. The lowest BCUT2D eigenvalue weighted by Gasteiger charge is -2.29. The van der Waals surface area contributed by atoms with E-state index in [0.717, 1.165) is 32.5 Å². The Morgan fingerprint density at radius 3 is 2.60 bits per heavy atom. The Kier molecular flexibility index (Phi) is 5.58. The third-order valence-corrected chi connectivity index (χ3v) is 3.53. The first-order valence-corrected chi connectivity index (χ1v) is 6.31. The van der Waals surface area contributed by atoms with Crippen molar-refractivity contribution in [3.63, 3.8) is 0 Å². The fraction of sp³-hybridized carbons (Fsp3) is 1.00. The molecule has 0 radical (unpaired) electrons. The first-order chi connectivity index (χ1) is 7.20. The van der Waals surface area contributed by atoms with E-state index in [2.05, 4.69) is 19.2 Å². The molecule has 90 valence electrons. The summed E-state index contributed by atoms with van der Waals surface area (Å²) in [7, 11) is 0. The van der Waals surface area contributed by atoms with E-state index in [1.807, 2.05) is 0 Å². The van der Waals surface area contributed by atoms with Crippen molar-refractivity contribution in [2.24, 2.45) is 5.73 Å². The molecule has 3 N–H and O–H groups in total. The zero-order valence-electron chi connectivity index (χ0n) is 10.2. The molecule has 0 aromatic carbocycles. The molecule has 0 aromatic rings. The summed E-state index contributed by atoms with van der Waals surface area (Å²) in [5, 5.41) is 3.45. The molecule has 1 aliphatic rings. The third-order valence-electron chi connectivity index (χ3n) is 3.53. The van der Waals surface area contributed by atoms with Gasteiger partial charge in [0.05, 0.1) is 6.10 Å². The molecule has 1 saturated heterocycles. The molecule has 1 aliphatic heterocycles. The summed E-state index contributed by atoms with van der Waals surface area (Å²) < 4.78 is 5.66. The molecule has 1 fully saturated rings. The molecular weight excluding hydrogens is 188 g/mol. The van der Waals surface area contributed by atoms with Crippen molar-refractivity contribution in [1.82, 2.24) is 5.32 Å². The first-order valence-electron chi connectivity index (χ1n) is 6.31. The van der Waals surface area contributed by atoms with E-state index in [1.165, 1.54) is 19.3 Å². The minimum atomic E-state index is -0.0331. The highest BCUT2D eigenvalue weighted by Gasteiger charge is 2.20. The van der Waals surface area contributed by atoms with Gasteiger partial charge in [-0.05, 0) is 32.1 Å². The summed E-state index contributed by atoms with van der Waals surface area (Å²) in [6.07, 6.45) is 6.20. The largest absolute Gasteiger partial charge is 0.377 e. The Morgan fingerprint density at radius 1 is 1.33 bits per heavy atom. The molecule has 3 heteroatoms. The summed E-state index contributed by atoms with van der Waals surface area (Å²) >= 11 is 0. The predicted octanol–water partition coefficient (Wildman–Crippen LogP) is 1.66. The second kappa shape index (κ2) is 6.46. The number of nitrogens with two attached hydrogens (primary N) is 1. The van der Waals surface area contributed by atoms with Crippen LogP contribution >= 0.6 is 0 Å². The first kappa shape index (κ1) is 12.9. The van der Waals surface area contributed by atoms with Gasteiger partial charge in [-0.3, -0.25) is 0 Å². The van der Waals surface area contributed by atoms with Crippen molar-refractivity contribution in [3.8, 4) is 0 Å². The topological polar surface area (TPSA) is 47.3 Å². The van der Waals surface area contributed by atoms with Crippen molar-refractivity contribution in [2.75, 3.05) is 19.7 Å². The van der Waals surface area contributed by atoms with Crippen molar-refractivity contribution in [3.05, 3.63) is 0 Å². The van der Waals surface area contributed by atoms with Crippen LogP contribution in [0.5, 0.6) is 0 Å². The molecule has 1 atom stereocenters. The van der Waals surface area contributed by atoms with E-state index in [0.29, 0.717) is 6.10 Å². The van der Waals surface area contributed by atoms with Crippen molar-refractivity contribution in [1.29, 1.82) is 0 Å².